The average molecular weight is 214 g/mol. The summed E-state index contributed by atoms with van der Waals surface area (Å²) in [6, 6.07) is 0. The van der Waals surface area contributed by atoms with E-state index in [4.69, 9.17) is 11.1 Å². The van der Waals surface area contributed by atoms with Crippen molar-refractivity contribution < 1.29 is 0 Å². The average Bonchev–Trinajstić information content (AvgIpc) is 2.01. The van der Waals surface area contributed by atoms with E-state index < -0.39 is 0 Å². The summed E-state index contributed by atoms with van der Waals surface area (Å²) in [7, 11) is 0. The number of hydrogen-bond donors (Lipinski definition) is 2. The van der Waals surface area contributed by atoms with Gasteiger partial charge in [0, 0.05) is 16.9 Å². The Hall–Kier alpha value is -0.180. The SMILES string of the molecule is CC1CCCC(SC(C)CC(=N)N)C1. The molecule has 0 bridgehead atoms. The topological polar surface area (TPSA) is 49.9 Å². The molecular formula is C11H22N2S. The first-order valence-corrected chi connectivity index (χ1v) is 6.50. The summed E-state index contributed by atoms with van der Waals surface area (Å²) in [5, 5.41) is 8.58. The lowest BCUT2D eigenvalue weighted by Gasteiger charge is -2.28. The van der Waals surface area contributed by atoms with Crippen LogP contribution in [0.2, 0.25) is 0 Å². The van der Waals surface area contributed by atoms with E-state index in [0.717, 1.165) is 17.6 Å². The van der Waals surface area contributed by atoms with Gasteiger partial charge >= 0.3 is 0 Å². The Morgan fingerprint density at radius 2 is 2.29 bits per heavy atom. The van der Waals surface area contributed by atoms with Crippen LogP contribution < -0.4 is 5.73 Å². The van der Waals surface area contributed by atoms with E-state index in [1.54, 1.807) is 0 Å². The second kappa shape index (κ2) is 5.64. The molecule has 1 aliphatic rings. The molecule has 0 saturated heterocycles. The van der Waals surface area contributed by atoms with Gasteiger partial charge in [-0.1, -0.05) is 26.7 Å². The summed E-state index contributed by atoms with van der Waals surface area (Å²) >= 11 is 2.03. The second-order valence-corrected chi connectivity index (χ2v) is 6.31. The van der Waals surface area contributed by atoms with Crippen molar-refractivity contribution in [3.05, 3.63) is 0 Å². The zero-order valence-corrected chi connectivity index (χ0v) is 10.1. The van der Waals surface area contributed by atoms with E-state index in [1.165, 1.54) is 25.7 Å². The summed E-state index contributed by atoms with van der Waals surface area (Å²) < 4.78 is 0. The van der Waals surface area contributed by atoms with Crippen LogP contribution in [0.5, 0.6) is 0 Å². The highest BCUT2D eigenvalue weighted by atomic mass is 32.2. The highest BCUT2D eigenvalue weighted by Gasteiger charge is 2.21. The number of amidine groups is 1. The molecule has 3 unspecified atom stereocenters. The Labute approximate surface area is 91.5 Å². The first kappa shape index (κ1) is 11.9. The van der Waals surface area contributed by atoms with Crippen molar-refractivity contribution in [3.8, 4) is 0 Å². The normalized spacial score (nSPS) is 29.9. The molecule has 1 fully saturated rings. The van der Waals surface area contributed by atoms with Gasteiger partial charge in [-0.25, -0.2) is 0 Å². The molecule has 14 heavy (non-hydrogen) atoms. The van der Waals surface area contributed by atoms with Crippen molar-refractivity contribution in [3.63, 3.8) is 0 Å². The molecule has 2 nitrogen and oxygen atoms in total. The summed E-state index contributed by atoms with van der Waals surface area (Å²) in [5.41, 5.74) is 5.40. The van der Waals surface area contributed by atoms with Crippen LogP contribution in [-0.4, -0.2) is 16.3 Å². The quantitative estimate of drug-likeness (QED) is 0.558. The second-order valence-electron chi connectivity index (χ2n) is 4.57. The van der Waals surface area contributed by atoms with E-state index >= 15 is 0 Å². The lowest BCUT2D eigenvalue weighted by molar-refractivity contribution is 0.394. The third kappa shape index (κ3) is 4.36. The van der Waals surface area contributed by atoms with Crippen molar-refractivity contribution >= 4 is 17.6 Å². The van der Waals surface area contributed by atoms with E-state index in [0.29, 0.717) is 11.1 Å². The van der Waals surface area contributed by atoms with Crippen LogP contribution in [0.1, 0.15) is 46.0 Å². The number of nitrogens with two attached hydrogens (primary N) is 1. The lowest BCUT2D eigenvalue weighted by Crippen LogP contribution is -2.21. The van der Waals surface area contributed by atoms with Gasteiger partial charge in [0.05, 0.1) is 5.84 Å². The minimum atomic E-state index is 0.328. The van der Waals surface area contributed by atoms with Crippen molar-refractivity contribution in [2.45, 2.75) is 56.5 Å². The molecule has 0 heterocycles. The molecule has 0 aliphatic heterocycles. The Bertz CT molecular complexity index is 194. The smallest absolute Gasteiger partial charge is 0.0916 e. The van der Waals surface area contributed by atoms with E-state index in [9.17, 15) is 0 Å². The van der Waals surface area contributed by atoms with Gasteiger partial charge in [-0.15, -0.1) is 0 Å². The van der Waals surface area contributed by atoms with Crippen LogP contribution in [0.4, 0.5) is 0 Å². The Morgan fingerprint density at radius 3 is 2.86 bits per heavy atom. The third-order valence-electron chi connectivity index (χ3n) is 2.82. The standard InChI is InChI=1S/C11H22N2S/c1-8-4-3-5-10(6-8)14-9(2)7-11(12)13/h8-10H,3-7H2,1-2H3,(H3,12,13). The van der Waals surface area contributed by atoms with Gasteiger partial charge in [-0.2, -0.15) is 11.8 Å². The minimum absolute atomic E-state index is 0.328. The molecule has 3 atom stereocenters. The highest BCUT2D eigenvalue weighted by Crippen LogP contribution is 2.34. The van der Waals surface area contributed by atoms with Gasteiger partial charge in [0.25, 0.3) is 0 Å². The number of hydrogen-bond acceptors (Lipinski definition) is 2. The van der Waals surface area contributed by atoms with Gasteiger partial charge in [0.2, 0.25) is 0 Å². The summed E-state index contributed by atoms with van der Waals surface area (Å²) in [5.74, 6) is 1.22. The van der Waals surface area contributed by atoms with E-state index in [-0.39, 0.29) is 0 Å². The minimum Gasteiger partial charge on any atom is -0.388 e. The van der Waals surface area contributed by atoms with E-state index in [2.05, 4.69) is 13.8 Å². The summed E-state index contributed by atoms with van der Waals surface area (Å²) in [6.07, 6.45) is 6.24. The fraction of sp³-hybridized carbons (Fsp3) is 0.909. The zero-order chi connectivity index (χ0) is 10.6. The molecule has 3 heteroatoms. The Morgan fingerprint density at radius 1 is 1.57 bits per heavy atom. The molecule has 1 rings (SSSR count). The maximum Gasteiger partial charge on any atom is 0.0916 e. The molecule has 0 aromatic rings. The van der Waals surface area contributed by atoms with Crippen molar-refractivity contribution in [2.75, 3.05) is 0 Å². The molecule has 0 radical (unpaired) electrons. The molecule has 3 N–H and O–H groups in total. The first-order chi connectivity index (χ1) is 6.58. The van der Waals surface area contributed by atoms with Gasteiger partial charge in [-0.3, -0.25) is 5.41 Å². The Balaban J connectivity index is 2.25. The lowest BCUT2D eigenvalue weighted by atomic mass is 9.91. The summed E-state index contributed by atoms with van der Waals surface area (Å²) in [4.78, 5) is 0. The van der Waals surface area contributed by atoms with Gasteiger partial charge in [0.15, 0.2) is 0 Å². The van der Waals surface area contributed by atoms with Crippen LogP contribution in [0, 0.1) is 11.3 Å². The van der Waals surface area contributed by atoms with Crippen LogP contribution in [0.15, 0.2) is 0 Å². The molecular weight excluding hydrogens is 192 g/mol. The van der Waals surface area contributed by atoms with E-state index in [1.807, 2.05) is 11.8 Å². The monoisotopic (exact) mass is 214 g/mol. The molecule has 1 saturated carbocycles. The molecule has 0 spiro atoms. The third-order valence-corrected chi connectivity index (χ3v) is 4.26. The molecule has 0 aromatic heterocycles. The largest absolute Gasteiger partial charge is 0.388 e. The molecule has 0 aromatic carbocycles. The predicted molar refractivity (Wildman–Crippen MR) is 65.0 cm³/mol. The zero-order valence-electron chi connectivity index (χ0n) is 9.25. The number of nitrogens with one attached hydrogen (secondary N) is 1. The maximum absolute atomic E-state index is 7.25. The molecule has 82 valence electrons. The van der Waals surface area contributed by atoms with Crippen molar-refractivity contribution in [1.29, 1.82) is 5.41 Å². The Kier molecular flexibility index (Phi) is 4.79. The summed E-state index contributed by atoms with van der Waals surface area (Å²) in [6.45, 7) is 4.54. The van der Waals surface area contributed by atoms with Crippen molar-refractivity contribution in [1.82, 2.24) is 0 Å². The predicted octanol–water partition coefficient (Wildman–Crippen LogP) is 3.01. The van der Waals surface area contributed by atoms with Crippen LogP contribution in [0.25, 0.3) is 0 Å². The van der Waals surface area contributed by atoms with Crippen LogP contribution >= 0.6 is 11.8 Å². The van der Waals surface area contributed by atoms with Gasteiger partial charge in [-0.05, 0) is 18.8 Å². The van der Waals surface area contributed by atoms with Gasteiger partial charge < -0.3 is 5.73 Å². The van der Waals surface area contributed by atoms with Crippen LogP contribution in [-0.2, 0) is 0 Å². The van der Waals surface area contributed by atoms with Crippen molar-refractivity contribution in [2.24, 2.45) is 11.7 Å². The molecule has 0 amide bonds. The molecule has 1 aliphatic carbocycles. The first-order valence-electron chi connectivity index (χ1n) is 5.56. The fourth-order valence-electron chi connectivity index (χ4n) is 2.19. The fourth-order valence-corrected chi connectivity index (χ4v) is 3.86. The van der Waals surface area contributed by atoms with Crippen LogP contribution in [0.3, 0.4) is 0 Å². The number of thioether (sulfide) groups is 1. The number of rotatable bonds is 4. The highest BCUT2D eigenvalue weighted by molar-refractivity contribution is 8.00. The van der Waals surface area contributed by atoms with Gasteiger partial charge in [0.1, 0.15) is 0 Å². The maximum atomic E-state index is 7.25.